The Bertz CT molecular complexity index is 1960. The SMILES string of the molecule is C(=N\N=C\c1ccc2ccc3cccc4ccc1c2c34)/c1ccc2ccc3cccc4ccc1c2c34. The van der Waals surface area contributed by atoms with Crippen LogP contribution in [0.5, 0.6) is 0 Å². The Balaban J connectivity index is 1.23. The Morgan fingerprint density at radius 3 is 1.08 bits per heavy atom. The van der Waals surface area contributed by atoms with Gasteiger partial charge in [0, 0.05) is 11.1 Å². The zero-order valence-electron chi connectivity index (χ0n) is 19.4. The van der Waals surface area contributed by atoms with Crippen molar-refractivity contribution in [1.82, 2.24) is 0 Å². The van der Waals surface area contributed by atoms with Gasteiger partial charge in [-0.3, -0.25) is 0 Å². The van der Waals surface area contributed by atoms with Gasteiger partial charge in [-0.15, -0.1) is 0 Å². The van der Waals surface area contributed by atoms with Gasteiger partial charge in [0.25, 0.3) is 0 Å². The summed E-state index contributed by atoms with van der Waals surface area (Å²) in [6.07, 6.45) is 3.75. The Morgan fingerprint density at radius 1 is 0.333 bits per heavy atom. The molecule has 2 heteroatoms. The molecule has 0 amide bonds. The number of rotatable bonds is 3. The zero-order chi connectivity index (χ0) is 23.6. The van der Waals surface area contributed by atoms with E-state index in [1.54, 1.807) is 0 Å². The highest BCUT2D eigenvalue weighted by Gasteiger charge is 2.11. The number of nitrogens with zero attached hydrogens (tertiary/aromatic N) is 2. The molecule has 0 fully saturated rings. The van der Waals surface area contributed by atoms with Crippen LogP contribution >= 0.6 is 0 Å². The van der Waals surface area contributed by atoms with Gasteiger partial charge in [0.15, 0.2) is 0 Å². The summed E-state index contributed by atoms with van der Waals surface area (Å²) in [6, 6.07) is 39.3. The van der Waals surface area contributed by atoms with Crippen molar-refractivity contribution in [2.45, 2.75) is 0 Å². The number of hydrogen-bond donors (Lipinski definition) is 0. The fourth-order valence-electron chi connectivity index (χ4n) is 5.93. The molecule has 0 spiro atoms. The van der Waals surface area contributed by atoms with Gasteiger partial charge in [-0.25, -0.2) is 0 Å². The Hall–Kier alpha value is -4.82. The van der Waals surface area contributed by atoms with Gasteiger partial charge in [0.2, 0.25) is 0 Å². The Morgan fingerprint density at radius 2 is 0.667 bits per heavy atom. The van der Waals surface area contributed by atoms with Crippen LogP contribution in [-0.2, 0) is 0 Å². The fraction of sp³-hybridized carbons (Fsp3) is 0. The van der Waals surface area contributed by atoms with E-state index in [0.29, 0.717) is 0 Å². The monoisotopic (exact) mass is 456 g/mol. The van der Waals surface area contributed by atoms with Gasteiger partial charge in [-0.05, 0) is 64.6 Å². The summed E-state index contributed by atoms with van der Waals surface area (Å²) in [4.78, 5) is 0. The van der Waals surface area contributed by atoms with Gasteiger partial charge in [0.1, 0.15) is 0 Å². The summed E-state index contributed by atoms with van der Waals surface area (Å²) >= 11 is 0. The molecular formula is C34H20N2. The van der Waals surface area contributed by atoms with Crippen LogP contribution in [-0.4, -0.2) is 12.4 Å². The predicted octanol–water partition coefficient (Wildman–Crippen LogP) is 8.93. The topological polar surface area (TPSA) is 24.7 Å². The Kier molecular flexibility index (Phi) is 3.97. The van der Waals surface area contributed by atoms with Gasteiger partial charge in [0.05, 0.1) is 12.4 Å². The summed E-state index contributed by atoms with van der Waals surface area (Å²) in [6.45, 7) is 0. The van der Waals surface area contributed by atoms with Crippen molar-refractivity contribution in [3.8, 4) is 0 Å². The predicted molar refractivity (Wildman–Crippen MR) is 155 cm³/mol. The van der Waals surface area contributed by atoms with E-state index < -0.39 is 0 Å². The first-order valence-corrected chi connectivity index (χ1v) is 12.2. The van der Waals surface area contributed by atoms with E-state index in [1.165, 1.54) is 64.6 Å². The van der Waals surface area contributed by atoms with E-state index >= 15 is 0 Å². The maximum Gasteiger partial charge on any atom is 0.0574 e. The molecule has 166 valence electrons. The van der Waals surface area contributed by atoms with Crippen molar-refractivity contribution < 1.29 is 0 Å². The minimum absolute atomic E-state index is 1.08. The highest BCUT2D eigenvalue weighted by molar-refractivity contribution is 6.26. The summed E-state index contributed by atoms with van der Waals surface area (Å²) in [7, 11) is 0. The summed E-state index contributed by atoms with van der Waals surface area (Å²) in [5, 5.41) is 24.2. The molecule has 0 heterocycles. The third kappa shape index (κ3) is 2.73. The fourth-order valence-corrected chi connectivity index (χ4v) is 5.93. The van der Waals surface area contributed by atoms with Crippen molar-refractivity contribution in [2.75, 3.05) is 0 Å². The molecule has 8 rings (SSSR count). The first kappa shape index (κ1) is 19.5. The highest BCUT2D eigenvalue weighted by Crippen LogP contribution is 2.36. The molecule has 0 saturated heterocycles. The molecule has 0 aliphatic heterocycles. The lowest BCUT2D eigenvalue weighted by atomic mass is 9.92. The summed E-state index contributed by atoms with van der Waals surface area (Å²) in [5.41, 5.74) is 2.15. The average molecular weight is 457 g/mol. The van der Waals surface area contributed by atoms with E-state index in [0.717, 1.165) is 11.1 Å². The molecule has 8 aromatic carbocycles. The van der Waals surface area contributed by atoms with Crippen molar-refractivity contribution in [3.05, 3.63) is 120 Å². The number of hydrogen-bond acceptors (Lipinski definition) is 2. The molecule has 2 nitrogen and oxygen atoms in total. The third-order valence-corrected chi connectivity index (χ3v) is 7.59. The first-order chi connectivity index (χ1) is 17.8. The van der Waals surface area contributed by atoms with Crippen molar-refractivity contribution in [3.63, 3.8) is 0 Å². The van der Waals surface area contributed by atoms with E-state index in [-0.39, 0.29) is 0 Å². The van der Waals surface area contributed by atoms with Crippen LogP contribution < -0.4 is 0 Å². The molecule has 0 saturated carbocycles. The second kappa shape index (κ2) is 7.34. The molecule has 0 aromatic heterocycles. The quantitative estimate of drug-likeness (QED) is 0.144. The highest BCUT2D eigenvalue weighted by atomic mass is 15.2. The van der Waals surface area contributed by atoms with Gasteiger partial charge < -0.3 is 0 Å². The van der Waals surface area contributed by atoms with E-state index in [4.69, 9.17) is 0 Å². The molecule has 0 N–H and O–H groups in total. The van der Waals surface area contributed by atoms with Crippen LogP contribution in [0.2, 0.25) is 0 Å². The van der Waals surface area contributed by atoms with Crippen LogP contribution in [0.4, 0.5) is 0 Å². The molecule has 0 atom stereocenters. The maximum atomic E-state index is 4.47. The van der Waals surface area contributed by atoms with Gasteiger partial charge in [-0.1, -0.05) is 109 Å². The minimum Gasteiger partial charge on any atom is -0.158 e. The average Bonchev–Trinajstić information content (AvgIpc) is 2.93. The van der Waals surface area contributed by atoms with Gasteiger partial charge in [-0.2, -0.15) is 10.2 Å². The molecular weight excluding hydrogens is 436 g/mol. The zero-order valence-corrected chi connectivity index (χ0v) is 19.4. The lowest BCUT2D eigenvalue weighted by Gasteiger charge is -2.12. The smallest absolute Gasteiger partial charge is 0.0574 e. The molecule has 0 unspecified atom stereocenters. The van der Waals surface area contributed by atoms with E-state index in [1.807, 2.05) is 12.4 Å². The second-order valence-corrected chi connectivity index (χ2v) is 9.51. The lowest BCUT2D eigenvalue weighted by Crippen LogP contribution is -1.90. The second-order valence-electron chi connectivity index (χ2n) is 9.51. The maximum absolute atomic E-state index is 4.47. The van der Waals surface area contributed by atoms with E-state index in [9.17, 15) is 0 Å². The number of benzene rings is 8. The van der Waals surface area contributed by atoms with Crippen LogP contribution in [0, 0.1) is 0 Å². The summed E-state index contributed by atoms with van der Waals surface area (Å²) < 4.78 is 0. The molecule has 0 radical (unpaired) electrons. The van der Waals surface area contributed by atoms with Crippen molar-refractivity contribution in [1.29, 1.82) is 0 Å². The lowest BCUT2D eigenvalue weighted by molar-refractivity contribution is 1.27. The molecule has 0 aliphatic rings. The van der Waals surface area contributed by atoms with Crippen molar-refractivity contribution >= 4 is 77.1 Å². The summed E-state index contributed by atoms with van der Waals surface area (Å²) in [5.74, 6) is 0. The third-order valence-electron chi connectivity index (χ3n) is 7.59. The van der Waals surface area contributed by atoms with E-state index in [2.05, 4.69) is 119 Å². The van der Waals surface area contributed by atoms with Crippen molar-refractivity contribution in [2.24, 2.45) is 10.2 Å². The van der Waals surface area contributed by atoms with Crippen LogP contribution in [0.25, 0.3) is 64.6 Å². The molecule has 0 bridgehead atoms. The minimum atomic E-state index is 1.08. The van der Waals surface area contributed by atoms with Crippen LogP contribution in [0.3, 0.4) is 0 Å². The van der Waals surface area contributed by atoms with Crippen LogP contribution in [0.1, 0.15) is 11.1 Å². The normalized spacial score (nSPS) is 12.8. The first-order valence-electron chi connectivity index (χ1n) is 12.2. The standard InChI is InChI=1S/C34H20N2/c1-3-21-7-9-25-11-13-27(29-17-15-23(5-1)31(21)33(25)29)19-35-36-20-28-14-12-26-10-8-22-4-2-6-24-16-18-30(28)34(26)32(22)24/h1-20H/b35-19+,36-20+. The largest absolute Gasteiger partial charge is 0.158 e. The van der Waals surface area contributed by atoms with Crippen LogP contribution in [0.15, 0.2) is 119 Å². The van der Waals surface area contributed by atoms with Gasteiger partial charge >= 0.3 is 0 Å². The molecule has 8 aromatic rings. The molecule has 0 aliphatic carbocycles. The Labute approximate surface area is 207 Å². The molecule has 36 heavy (non-hydrogen) atoms.